The van der Waals surface area contributed by atoms with Crippen molar-refractivity contribution in [3.8, 4) is 17.2 Å². The maximum atomic E-state index is 12.1. The smallest absolute Gasteiger partial charge is 0.346 e. The number of rotatable bonds is 8. The molecule has 0 radical (unpaired) electrons. The van der Waals surface area contributed by atoms with Gasteiger partial charge in [0.05, 0.1) is 26.9 Å². The van der Waals surface area contributed by atoms with Crippen LogP contribution in [0.3, 0.4) is 0 Å². The monoisotopic (exact) mass is 400 g/mol. The molecule has 0 aliphatic rings. The lowest BCUT2D eigenvalue weighted by atomic mass is 10.1. The molecule has 2 aromatic carbocycles. The van der Waals surface area contributed by atoms with E-state index in [4.69, 9.17) is 23.7 Å². The van der Waals surface area contributed by atoms with Crippen LogP contribution in [0.4, 0.5) is 0 Å². The van der Waals surface area contributed by atoms with Gasteiger partial charge in [-0.1, -0.05) is 17.7 Å². The summed E-state index contributed by atoms with van der Waals surface area (Å²) < 4.78 is 26.3. The zero-order valence-electron chi connectivity index (χ0n) is 17.1. The van der Waals surface area contributed by atoms with Gasteiger partial charge in [0.15, 0.2) is 11.5 Å². The Hall–Kier alpha value is -3.32. The molecule has 0 amide bonds. The Bertz CT molecular complexity index is 877. The van der Waals surface area contributed by atoms with Crippen LogP contribution < -0.4 is 14.2 Å². The molecule has 7 heteroatoms. The highest BCUT2D eigenvalue weighted by Crippen LogP contribution is 2.40. The predicted molar refractivity (Wildman–Crippen MR) is 107 cm³/mol. The molecular weight excluding hydrogens is 376 g/mol. The number of hydrogen-bond acceptors (Lipinski definition) is 7. The van der Waals surface area contributed by atoms with Gasteiger partial charge in [-0.2, -0.15) is 0 Å². The van der Waals surface area contributed by atoms with Gasteiger partial charge in [0.2, 0.25) is 5.75 Å². The number of hydrogen-bond donors (Lipinski definition) is 0. The molecule has 1 unspecified atom stereocenters. The summed E-state index contributed by atoms with van der Waals surface area (Å²) in [7, 11) is 6.01. The van der Waals surface area contributed by atoms with Crippen LogP contribution in [0.2, 0.25) is 0 Å². The standard InChI is InChI=1S/C22H24O7/c1-14-7-6-8-15(11-14)22(24)29-20(23)10-9-17(25-2)16-12-18(26-3)21(28-5)19(13-16)27-4/h6-13,17H,1-5H3. The number of esters is 2. The van der Waals surface area contributed by atoms with E-state index in [2.05, 4.69) is 0 Å². The Kier molecular flexibility index (Phi) is 7.79. The number of ether oxygens (including phenoxy) is 5. The maximum Gasteiger partial charge on any atom is 0.346 e. The van der Waals surface area contributed by atoms with Crippen LogP contribution in [0.15, 0.2) is 48.6 Å². The highest BCUT2D eigenvalue weighted by Gasteiger charge is 2.18. The van der Waals surface area contributed by atoms with Gasteiger partial charge >= 0.3 is 11.9 Å². The molecule has 2 rings (SSSR count). The average Bonchev–Trinajstić information content (AvgIpc) is 2.73. The molecule has 0 fully saturated rings. The lowest BCUT2D eigenvalue weighted by molar-refractivity contribution is -0.132. The molecule has 29 heavy (non-hydrogen) atoms. The zero-order valence-corrected chi connectivity index (χ0v) is 17.1. The molecule has 0 spiro atoms. The van der Waals surface area contributed by atoms with E-state index in [9.17, 15) is 9.59 Å². The molecule has 7 nitrogen and oxygen atoms in total. The van der Waals surface area contributed by atoms with Crippen LogP contribution in [0, 0.1) is 6.92 Å². The SMILES string of the molecule is COc1cc(C(C=CC(=O)OC(=O)c2cccc(C)c2)OC)cc(OC)c1OC. The number of carbonyl (C=O) groups excluding carboxylic acids is 2. The molecule has 2 aromatic rings. The number of methoxy groups -OCH3 is 4. The molecule has 0 aliphatic carbocycles. The van der Waals surface area contributed by atoms with Crippen molar-refractivity contribution in [1.29, 1.82) is 0 Å². The maximum absolute atomic E-state index is 12.1. The van der Waals surface area contributed by atoms with E-state index in [-0.39, 0.29) is 0 Å². The van der Waals surface area contributed by atoms with Gasteiger partial charge in [-0.25, -0.2) is 9.59 Å². The Morgan fingerprint density at radius 1 is 0.931 bits per heavy atom. The molecule has 0 saturated heterocycles. The summed E-state index contributed by atoms with van der Waals surface area (Å²) in [6.07, 6.45) is 2.02. The summed E-state index contributed by atoms with van der Waals surface area (Å²) in [6, 6.07) is 10.2. The van der Waals surface area contributed by atoms with Gasteiger partial charge in [-0.15, -0.1) is 0 Å². The van der Waals surface area contributed by atoms with Gasteiger partial charge in [0.1, 0.15) is 6.10 Å². The van der Waals surface area contributed by atoms with Crippen molar-refractivity contribution in [2.45, 2.75) is 13.0 Å². The summed E-state index contributed by atoms with van der Waals surface area (Å²) in [5, 5.41) is 0. The first kappa shape index (κ1) is 22.0. The minimum absolute atomic E-state index is 0.305. The largest absolute Gasteiger partial charge is 0.493 e. The highest BCUT2D eigenvalue weighted by atomic mass is 16.6. The molecule has 0 aliphatic heterocycles. The molecule has 0 N–H and O–H groups in total. The van der Waals surface area contributed by atoms with E-state index in [0.717, 1.165) is 11.6 Å². The third-order valence-electron chi connectivity index (χ3n) is 4.12. The quantitative estimate of drug-likeness (QED) is 0.380. The van der Waals surface area contributed by atoms with Crippen molar-refractivity contribution >= 4 is 11.9 Å². The molecule has 0 saturated carbocycles. The van der Waals surface area contributed by atoms with Crippen LogP contribution in [0.1, 0.15) is 27.6 Å². The van der Waals surface area contributed by atoms with Crippen LogP contribution >= 0.6 is 0 Å². The van der Waals surface area contributed by atoms with Crippen molar-refractivity contribution < 1.29 is 33.3 Å². The molecule has 0 bridgehead atoms. The minimum Gasteiger partial charge on any atom is -0.493 e. The second-order valence-electron chi connectivity index (χ2n) is 6.05. The van der Waals surface area contributed by atoms with E-state index in [1.165, 1.54) is 34.5 Å². The molecule has 154 valence electrons. The van der Waals surface area contributed by atoms with Crippen molar-refractivity contribution in [2.24, 2.45) is 0 Å². The lowest BCUT2D eigenvalue weighted by Crippen LogP contribution is -2.11. The van der Waals surface area contributed by atoms with E-state index < -0.39 is 18.0 Å². The fourth-order valence-electron chi connectivity index (χ4n) is 2.71. The summed E-state index contributed by atoms with van der Waals surface area (Å²) in [4.78, 5) is 24.1. The molecular formula is C22H24O7. The summed E-state index contributed by atoms with van der Waals surface area (Å²) in [5.74, 6) is -0.166. The number of benzene rings is 2. The lowest BCUT2D eigenvalue weighted by Gasteiger charge is -2.17. The Morgan fingerprint density at radius 2 is 1.59 bits per heavy atom. The summed E-state index contributed by atoms with van der Waals surface area (Å²) >= 11 is 0. The summed E-state index contributed by atoms with van der Waals surface area (Å²) in [6.45, 7) is 1.85. The first-order valence-corrected chi connectivity index (χ1v) is 8.77. The van der Waals surface area contributed by atoms with Crippen molar-refractivity contribution in [3.63, 3.8) is 0 Å². The average molecular weight is 400 g/mol. The van der Waals surface area contributed by atoms with Gasteiger partial charge in [0.25, 0.3) is 0 Å². The molecule has 1 atom stereocenters. The number of carbonyl (C=O) groups is 2. The first-order valence-electron chi connectivity index (χ1n) is 8.77. The van der Waals surface area contributed by atoms with Gasteiger partial charge in [-0.05, 0) is 42.8 Å². The van der Waals surface area contributed by atoms with E-state index in [1.807, 2.05) is 13.0 Å². The fraction of sp³-hybridized carbons (Fsp3) is 0.273. The molecule has 0 aromatic heterocycles. The third kappa shape index (κ3) is 5.58. The number of aryl methyl sites for hydroxylation is 1. The van der Waals surface area contributed by atoms with Gasteiger partial charge < -0.3 is 23.7 Å². The van der Waals surface area contributed by atoms with Gasteiger partial charge in [-0.3, -0.25) is 0 Å². The second kappa shape index (κ2) is 10.3. The first-order chi connectivity index (χ1) is 13.9. The second-order valence-corrected chi connectivity index (χ2v) is 6.05. The Balaban J connectivity index is 2.17. The normalized spacial score (nSPS) is 11.8. The van der Waals surface area contributed by atoms with Crippen LogP contribution in [-0.2, 0) is 14.3 Å². The topological polar surface area (TPSA) is 80.3 Å². The van der Waals surface area contributed by atoms with Crippen molar-refractivity contribution in [3.05, 3.63) is 65.2 Å². The fourth-order valence-corrected chi connectivity index (χ4v) is 2.71. The molecule has 0 heterocycles. The van der Waals surface area contributed by atoms with E-state index >= 15 is 0 Å². The van der Waals surface area contributed by atoms with Crippen LogP contribution in [-0.4, -0.2) is 40.4 Å². The minimum atomic E-state index is -0.800. The van der Waals surface area contributed by atoms with Crippen LogP contribution in [0.5, 0.6) is 17.2 Å². The van der Waals surface area contributed by atoms with Crippen molar-refractivity contribution in [1.82, 2.24) is 0 Å². The van der Waals surface area contributed by atoms with E-state index in [1.54, 1.807) is 30.3 Å². The van der Waals surface area contributed by atoms with E-state index in [0.29, 0.717) is 28.4 Å². The predicted octanol–water partition coefficient (Wildman–Crippen LogP) is 3.65. The summed E-state index contributed by atoms with van der Waals surface area (Å²) in [5.41, 5.74) is 1.86. The Morgan fingerprint density at radius 3 is 2.10 bits per heavy atom. The van der Waals surface area contributed by atoms with Gasteiger partial charge in [0, 0.05) is 13.2 Å². The Labute approximate surface area is 169 Å². The highest BCUT2D eigenvalue weighted by molar-refractivity contribution is 6.00. The third-order valence-corrected chi connectivity index (χ3v) is 4.12. The van der Waals surface area contributed by atoms with Crippen LogP contribution in [0.25, 0.3) is 0 Å². The zero-order chi connectivity index (χ0) is 21.4. The van der Waals surface area contributed by atoms with Crippen molar-refractivity contribution in [2.75, 3.05) is 28.4 Å².